The molecular formula is C9H11N3S. The van der Waals surface area contributed by atoms with Crippen LogP contribution in [0.15, 0.2) is 22.2 Å². The van der Waals surface area contributed by atoms with Gasteiger partial charge in [-0.15, -0.1) is 12.6 Å². The molecule has 0 saturated heterocycles. The summed E-state index contributed by atoms with van der Waals surface area (Å²) >= 11 is 4.30. The third-order valence-electron chi connectivity index (χ3n) is 2.18. The number of thiol groups is 1. The lowest BCUT2D eigenvalue weighted by atomic mass is 9.99. The number of H-pyrrole nitrogens is 1. The molecule has 0 saturated carbocycles. The number of hydrogen-bond acceptors (Lipinski definition) is 3. The van der Waals surface area contributed by atoms with Gasteiger partial charge in [0.05, 0.1) is 6.20 Å². The van der Waals surface area contributed by atoms with Gasteiger partial charge in [0, 0.05) is 22.6 Å². The molecule has 0 fully saturated rings. The van der Waals surface area contributed by atoms with Crippen LogP contribution in [-0.2, 0) is 0 Å². The summed E-state index contributed by atoms with van der Waals surface area (Å²) in [5.41, 5.74) is 1.16. The zero-order chi connectivity index (χ0) is 9.26. The maximum Gasteiger partial charge on any atom is 0.151 e. The average Bonchev–Trinajstić information content (AvgIpc) is 2.53. The largest absolute Gasteiger partial charge is 0.261 e. The lowest BCUT2D eigenvalue weighted by Gasteiger charge is -2.06. The molecule has 13 heavy (non-hydrogen) atoms. The van der Waals surface area contributed by atoms with Crippen LogP contribution in [0.1, 0.15) is 24.8 Å². The van der Waals surface area contributed by atoms with Crippen LogP contribution in [0.4, 0.5) is 5.82 Å². The van der Waals surface area contributed by atoms with Gasteiger partial charge in [0.2, 0.25) is 0 Å². The van der Waals surface area contributed by atoms with E-state index in [0.717, 1.165) is 22.7 Å². The van der Waals surface area contributed by atoms with Crippen molar-refractivity contribution < 1.29 is 0 Å². The number of aromatic amines is 1. The first kappa shape index (κ1) is 8.56. The second-order valence-corrected chi connectivity index (χ2v) is 3.55. The van der Waals surface area contributed by atoms with Crippen molar-refractivity contribution in [1.82, 2.24) is 10.2 Å². The Bertz CT molecular complexity index is 365. The predicted molar refractivity (Wildman–Crippen MR) is 56.8 cm³/mol. The zero-order valence-electron chi connectivity index (χ0n) is 7.36. The summed E-state index contributed by atoms with van der Waals surface area (Å²) in [5.74, 6) is 1.23. The van der Waals surface area contributed by atoms with Crippen LogP contribution < -0.4 is 0 Å². The standard InChI is InChI=1S/C9H11N3S/c1-2-6-3-7(13)4-10-9-8(6)5-11-12-9/h3-6,13H,2H2,1H3,(H,11,12). The van der Waals surface area contributed by atoms with E-state index in [1.165, 1.54) is 0 Å². The molecule has 2 rings (SSSR count). The number of nitrogens with one attached hydrogen (secondary N) is 1. The number of aliphatic imine (C=N–C) groups is 1. The molecule has 0 aliphatic carbocycles. The van der Waals surface area contributed by atoms with Crippen molar-refractivity contribution in [2.45, 2.75) is 19.3 Å². The van der Waals surface area contributed by atoms with Gasteiger partial charge in [-0.2, -0.15) is 5.10 Å². The predicted octanol–water partition coefficient (Wildman–Crippen LogP) is 2.43. The number of aromatic nitrogens is 2. The Kier molecular flexibility index (Phi) is 2.22. The summed E-state index contributed by atoms with van der Waals surface area (Å²) in [6.07, 6.45) is 6.73. The van der Waals surface area contributed by atoms with Gasteiger partial charge in [-0.1, -0.05) is 13.0 Å². The molecule has 1 aliphatic heterocycles. The summed E-state index contributed by atoms with van der Waals surface area (Å²) in [4.78, 5) is 5.15. The summed E-state index contributed by atoms with van der Waals surface area (Å²) in [6.45, 7) is 2.14. The monoisotopic (exact) mass is 193 g/mol. The van der Waals surface area contributed by atoms with Crippen molar-refractivity contribution in [2.24, 2.45) is 4.99 Å². The molecule has 0 spiro atoms. The van der Waals surface area contributed by atoms with Crippen LogP contribution in [0, 0.1) is 0 Å². The molecule has 0 aromatic carbocycles. The molecule has 2 heterocycles. The zero-order valence-corrected chi connectivity index (χ0v) is 8.25. The van der Waals surface area contributed by atoms with Gasteiger partial charge >= 0.3 is 0 Å². The second-order valence-electron chi connectivity index (χ2n) is 3.04. The number of hydrogen-bond donors (Lipinski definition) is 2. The van der Waals surface area contributed by atoms with E-state index in [9.17, 15) is 0 Å². The normalized spacial score (nSPS) is 20.8. The minimum absolute atomic E-state index is 0.378. The molecule has 4 heteroatoms. The molecule has 1 aliphatic rings. The highest BCUT2D eigenvalue weighted by Crippen LogP contribution is 2.31. The maximum absolute atomic E-state index is 4.30. The van der Waals surface area contributed by atoms with Crippen molar-refractivity contribution in [3.05, 3.63) is 22.7 Å². The summed E-state index contributed by atoms with van der Waals surface area (Å²) in [6, 6.07) is 0. The van der Waals surface area contributed by atoms with E-state index < -0.39 is 0 Å². The van der Waals surface area contributed by atoms with Crippen LogP contribution in [0.3, 0.4) is 0 Å². The van der Waals surface area contributed by atoms with Gasteiger partial charge in [0.1, 0.15) is 0 Å². The SMILES string of the molecule is CCC1C=C(S)C=Nc2[nH]ncc21. The van der Waals surface area contributed by atoms with Crippen molar-refractivity contribution in [1.29, 1.82) is 0 Å². The van der Waals surface area contributed by atoms with Gasteiger partial charge < -0.3 is 0 Å². The van der Waals surface area contributed by atoms with Crippen molar-refractivity contribution in [2.75, 3.05) is 0 Å². The third kappa shape index (κ3) is 1.54. The van der Waals surface area contributed by atoms with Crippen LogP contribution in [0.5, 0.6) is 0 Å². The van der Waals surface area contributed by atoms with E-state index in [0.29, 0.717) is 5.92 Å². The Morgan fingerprint density at radius 2 is 2.46 bits per heavy atom. The highest BCUT2D eigenvalue weighted by Gasteiger charge is 2.15. The molecule has 0 amide bonds. The quantitative estimate of drug-likeness (QED) is 0.661. The Morgan fingerprint density at radius 3 is 3.23 bits per heavy atom. The fourth-order valence-electron chi connectivity index (χ4n) is 1.47. The lowest BCUT2D eigenvalue weighted by molar-refractivity contribution is 0.808. The third-order valence-corrected chi connectivity index (χ3v) is 2.45. The van der Waals surface area contributed by atoms with Crippen molar-refractivity contribution in [3.63, 3.8) is 0 Å². The molecule has 1 unspecified atom stereocenters. The van der Waals surface area contributed by atoms with Crippen LogP contribution in [0.25, 0.3) is 0 Å². The molecular weight excluding hydrogens is 182 g/mol. The molecule has 1 aromatic rings. The van der Waals surface area contributed by atoms with Gasteiger partial charge in [-0.05, 0) is 6.42 Å². The summed E-state index contributed by atoms with van der Waals surface area (Å²) < 4.78 is 0. The molecule has 1 N–H and O–H groups in total. The Morgan fingerprint density at radius 1 is 1.62 bits per heavy atom. The molecule has 68 valence electrons. The van der Waals surface area contributed by atoms with Gasteiger partial charge in [0.25, 0.3) is 0 Å². The molecule has 0 bridgehead atoms. The minimum atomic E-state index is 0.378. The van der Waals surface area contributed by atoms with E-state index in [-0.39, 0.29) is 0 Å². The topological polar surface area (TPSA) is 41.0 Å². The van der Waals surface area contributed by atoms with E-state index in [4.69, 9.17) is 0 Å². The van der Waals surface area contributed by atoms with Crippen LogP contribution in [-0.4, -0.2) is 16.4 Å². The first-order valence-electron chi connectivity index (χ1n) is 4.29. The first-order chi connectivity index (χ1) is 6.31. The molecule has 1 aromatic heterocycles. The van der Waals surface area contributed by atoms with Crippen LogP contribution in [0.2, 0.25) is 0 Å². The maximum atomic E-state index is 4.30. The van der Waals surface area contributed by atoms with Gasteiger partial charge in [0.15, 0.2) is 5.82 Å². The number of allylic oxidation sites excluding steroid dienone is 2. The van der Waals surface area contributed by atoms with Crippen molar-refractivity contribution in [3.8, 4) is 0 Å². The van der Waals surface area contributed by atoms with Crippen LogP contribution >= 0.6 is 12.6 Å². The number of fused-ring (bicyclic) bond motifs is 1. The molecule has 1 atom stereocenters. The summed E-state index contributed by atoms with van der Waals surface area (Å²) in [5, 5.41) is 6.84. The van der Waals surface area contributed by atoms with Crippen molar-refractivity contribution >= 4 is 24.7 Å². The van der Waals surface area contributed by atoms with E-state index in [1.807, 2.05) is 6.20 Å². The fourth-order valence-corrected chi connectivity index (χ4v) is 1.71. The highest BCUT2D eigenvalue weighted by atomic mass is 32.1. The average molecular weight is 193 g/mol. The van der Waals surface area contributed by atoms with E-state index >= 15 is 0 Å². The van der Waals surface area contributed by atoms with Gasteiger partial charge in [-0.3, -0.25) is 5.10 Å². The molecule has 0 radical (unpaired) electrons. The second kappa shape index (κ2) is 3.38. The Balaban J connectivity index is 2.48. The lowest BCUT2D eigenvalue weighted by Crippen LogP contribution is -1.90. The number of nitrogens with zero attached hydrogens (tertiary/aromatic N) is 2. The first-order valence-corrected chi connectivity index (χ1v) is 4.74. The molecule has 3 nitrogen and oxygen atoms in total. The minimum Gasteiger partial charge on any atom is -0.261 e. The van der Waals surface area contributed by atoms with E-state index in [1.54, 1.807) is 6.21 Å². The Labute approximate surface area is 82.4 Å². The highest BCUT2D eigenvalue weighted by molar-refractivity contribution is 7.85. The smallest absolute Gasteiger partial charge is 0.151 e. The van der Waals surface area contributed by atoms with E-state index in [2.05, 4.69) is 40.8 Å². The number of rotatable bonds is 1. The van der Waals surface area contributed by atoms with Gasteiger partial charge in [-0.25, -0.2) is 4.99 Å². The summed E-state index contributed by atoms with van der Waals surface area (Å²) in [7, 11) is 0. The fraction of sp³-hybridized carbons (Fsp3) is 0.333. The Hall–Kier alpha value is -1.03.